The Morgan fingerprint density at radius 3 is 2.53 bits per heavy atom. The summed E-state index contributed by atoms with van der Waals surface area (Å²) in [6.07, 6.45) is -4.42. The zero-order chi connectivity index (χ0) is 21.6. The molecule has 0 aliphatic carbocycles. The molecule has 2 unspecified atom stereocenters. The fourth-order valence-electron chi connectivity index (χ4n) is 3.21. The van der Waals surface area contributed by atoms with E-state index in [9.17, 15) is 18.0 Å². The lowest BCUT2D eigenvalue weighted by molar-refractivity contribution is -0.153. The third-order valence-electron chi connectivity index (χ3n) is 4.70. The highest BCUT2D eigenvalue weighted by molar-refractivity contribution is 14.0. The van der Waals surface area contributed by atoms with Crippen molar-refractivity contribution in [3.05, 3.63) is 23.8 Å². The van der Waals surface area contributed by atoms with Crippen LogP contribution in [0, 0.1) is 11.8 Å². The minimum Gasteiger partial charge on any atom is -0.493 e. The molecule has 2 rings (SSSR count). The van der Waals surface area contributed by atoms with Crippen LogP contribution in [0.3, 0.4) is 0 Å². The number of benzene rings is 1. The van der Waals surface area contributed by atoms with Crippen LogP contribution in [-0.4, -0.2) is 64.0 Å². The van der Waals surface area contributed by atoms with Gasteiger partial charge in [0.25, 0.3) is 0 Å². The number of nitrogens with one attached hydrogen (secondary N) is 1. The van der Waals surface area contributed by atoms with Crippen LogP contribution < -0.4 is 14.8 Å². The molecule has 2 atom stereocenters. The van der Waals surface area contributed by atoms with Crippen LogP contribution >= 0.6 is 24.0 Å². The Balaban J connectivity index is 0.00000450. The van der Waals surface area contributed by atoms with Crippen molar-refractivity contribution in [1.29, 1.82) is 0 Å². The summed E-state index contributed by atoms with van der Waals surface area (Å²) in [6, 6.07) is 4.70. The smallest absolute Gasteiger partial charge is 0.422 e. The summed E-state index contributed by atoms with van der Waals surface area (Å²) in [7, 11) is 4.39. The van der Waals surface area contributed by atoms with Gasteiger partial charge in [-0.1, -0.05) is 13.0 Å². The number of nitrogens with zero attached hydrogens (tertiary/aromatic N) is 2. The van der Waals surface area contributed by atoms with Gasteiger partial charge in [0.2, 0.25) is 0 Å². The number of hydrogen-bond acceptors (Lipinski definition) is 5. The largest absolute Gasteiger partial charge is 0.493 e. The number of carbonyl (C=O) groups is 1. The molecule has 0 bridgehead atoms. The van der Waals surface area contributed by atoms with Crippen molar-refractivity contribution >= 4 is 35.9 Å². The number of likely N-dealkylation sites (tertiary alicyclic amines) is 1. The van der Waals surface area contributed by atoms with Crippen LogP contribution in [-0.2, 0) is 16.1 Å². The third-order valence-corrected chi connectivity index (χ3v) is 4.70. The molecule has 0 spiro atoms. The normalized spacial score (nSPS) is 19.2. The van der Waals surface area contributed by atoms with Crippen LogP contribution in [0.1, 0.15) is 12.5 Å². The van der Waals surface area contributed by atoms with Gasteiger partial charge in [0.15, 0.2) is 24.1 Å². The zero-order valence-corrected chi connectivity index (χ0v) is 19.6. The van der Waals surface area contributed by atoms with Crippen molar-refractivity contribution in [2.75, 3.05) is 41.0 Å². The lowest BCUT2D eigenvalue weighted by Gasteiger charge is -2.22. The van der Waals surface area contributed by atoms with Gasteiger partial charge < -0.3 is 24.4 Å². The van der Waals surface area contributed by atoms with Crippen molar-refractivity contribution in [3.8, 4) is 11.5 Å². The molecule has 0 aromatic heterocycles. The van der Waals surface area contributed by atoms with Crippen LogP contribution in [0.2, 0.25) is 0 Å². The maximum Gasteiger partial charge on any atom is 0.422 e. The third kappa shape index (κ3) is 7.10. The molecule has 1 N–H and O–H groups in total. The highest BCUT2D eigenvalue weighted by Crippen LogP contribution is 2.30. The highest BCUT2D eigenvalue weighted by Gasteiger charge is 2.36. The Bertz CT molecular complexity index is 746. The molecule has 0 radical (unpaired) electrons. The predicted molar refractivity (Wildman–Crippen MR) is 116 cm³/mol. The summed E-state index contributed by atoms with van der Waals surface area (Å²) in [6.45, 7) is 2.13. The molecule has 1 aromatic carbocycles. The average molecular weight is 545 g/mol. The standard InChI is InChI=1S/C19H26F3N3O4.HI/c1-12-9-25(10-14(12)17(26)28-4)18(23-2)24-8-13-5-6-15(16(7-13)27-3)29-11-19(20,21)22;/h5-7,12,14H,8-11H2,1-4H3,(H,23,24);1H. The lowest BCUT2D eigenvalue weighted by Crippen LogP contribution is -2.40. The van der Waals surface area contributed by atoms with Gasteiger partial charge in [-0.3, -0.25) is 9.79 Å². The van der Waals surface area contributed by atoms with Crippen LogP contribution in [0.5, 0.6) is 11.5 Å². The molecule has 1 aliphatic rings. The van der Waals surface area contributed by atoms with Gasteiger partial charge >= 0.3 is 12.1 Å². The second kappa shape index (κ2) is 11.5. The molecular weight excluding hydrogens is 518 g/mol. The van der Waals surface area contributed by atoms with Crippen molar-refractivity contribution in [2.24, 2.45) is 16.8 Å². The first kappa shape index (κ1) is 26.1. The second-order valence-electron chi connectivity index (χ2n) is 6.80. The molecule has 7 nitrogen and oxygen atoms in total. The second-order valence-corrected chi connectivity index (χ2v) is 6.80. The first-order chi connectivity index (χ1) is 13.7. The number of aliphatic imine (C=N–C) groups is 1. The molecule has 1 saturated heterocycles. The van der Waals surface area contributed by atoms with Crippen molar-refractivity contribution in [2.45, 2.75) is 19.6 Å². The van der Waals surface area contributed by atoms with Crippen molar-refractivity contribution in [1.82, 2.24) is 10.2 Å². The number of rotatable bonds is 6. The number of ether oxygens (including phenoxy) is 3. The fourth-order valence-corrected chi connectivity index (χ4v) is 3.21. The van der Waals surface area contributed by atoms with Gasteiger partial charge in [-0.05, 0) is 23.6 Å². The number of methoxy groups -OCH3 is 2. The van der Waals surface area contributed by atoms with Gasteiger partial charge in [-0.15, -0.1) is 24.0 Å². The van der Waals surface area contributed by atoms with Crippen LogP contribution in [0.15, 0.2) is 23.2 Å². The predicted octanol–water partition coefficient (Wildman–Crippen LogP) is 3.07. The van der Waals surface area contributed by atoms with Gasteiger partial charge in [0.05, 0.1) is 20.1 Å². The number of alkyl halides is 3. The Labute approximate surface area is 191 Å². The molecule has 30 heavy (non-hydrogen) atoms. The minimum atomic E-state index is -4.42. The molecule has 1 aliphatic heterocycles. The van der Waals surface area contributed by atoms with E-state index in [0.717, 1.165) is 5.56 Å². The number of guanidine groups is 1. The molecule has 0 amide bonds. The Morgan fingerprint density at radius 1 is 1.27 bits per heavy atom. The zero-order valence-electron chi connectivity index (χ0n) is 17.3. The van der Waals surface area contributed by atoms with Gasteiger partial charge in [0.1, 0.15) is 0 Å². The Hall–Kier alpha value is -1.92. The van der Waals surface area contributed by atoms with E-state index in [1.165, 1.54) is 20.3 Å². The Kier molecular flexibility index (Phi) is 9.98. The van der Waals surface area contributed by atoms with Crippen LogP contribution in [0.4, 0.5) is 13.2 Å². The molecule has 11 heteroatoms. The van der Waals surface area contributed by atoms with E-state index in [4.69, 9.17) is 14.2 Å². The van der Waals surface area contributed by atoms with Crippen LogP contribution in [0.25, 0.3) is 0 Å². The number of esters is 1. The van der Waals surface area contributed by atoms with Crippen molar-refractivity contribution in [3.63, 3.8) is 0 Å². The molecule has 170 valence electrons. The van der Waals surface area contributed by atoms with E-state index < -0.39 is 12.8 Å². The molecule has 1 heterocycles. The van der Waals surface area contributed by atoms with Gasteiger partial charge in [-0.25, -0.2) is 0 Å². The maximum absolute atomic E-state index is 12.4. The van der Waals surface area contributed by atoms with E-state index in [2.05, 4.69) is 10.3 Å². The number of carbonyl (C=O) groups excluding carboxylic acids is 1. The topological polar surface area (TPSA) is 72.4 Å². The molecular formula is C19H27F3IN3O4. The first-order valence-corrected chi connectivity index (χ1v) is 9.08. The number of hydrogen-bond donors (Lipinski definition) is 1. The number of halogens is 4. The summed E-state index contributed by atoms with van der Waals surface area (Å²) < 4.78 is 51.8. The van der Waals surface area contributed by atoms with E-state index in [0.29, 0.717) is 25.6 Å². The summed E-state index contributed by atoms with van der Waals surface area (Å²) in [5.41, 5.74) is 0.777. The summed E-state index contributed by atoms with van der Waals surface area (Å²) >= 11 is 0. The van der Waals surface area contributed by atoms with Crippen molar-refractivity contribution < 1.29 is 32.2 Å². The summed E-state index contributed by atoms with van der Waals surface area (Å²) in [5, 5.41) is 3.20. The van der Waals surface area contributed by atoms with E-state index in [1.54, 1.807) is 19.2 Å². The maximum atomic E-state index is 12.4. The summed E-state index contributed by atoms with van der Waals surface area (Å²) in [5.74, 6) is 0.528. The van der Waals surface area contributed by atoms with Gasteiger partial charge in [0, 0.05) is 26.7 Å². The summed E-state index contributed by atoms with van der Waals surface area (Å²) in [4.78, 5) is 18.1. The Morgan fingerprint density at radius 2 is 1.97 bits per heavy atom. The fraction of sp³-hybridized carbons (Fsp3) is 0.579. The molecule has 0 saturated carbocycles. The minimum absolute atomic E-state index is 0. The molecule has 1 aromatic rings. The highest BCUT2D eigenvalue weighted by atomic mass is 127. The van der Waals surface area contributed by atoms with E-state index in [1.807, 2.05) is 11.8 Å². The van der Waals surface area contributed by atoms with E-state index >= 15 is 0 Å². The van der Waals surface area contributed by atoms with E-state index in [-0.39, 0.29) is 53.3 Å². The van der Waals surface area contributed by atoms with Gasteiger partial charge in [-0.2, -0.15) is 13.2 Å². The lowest BCUT2D eigenvalue weighted by atomic mass is 9.99. The molecule has 1 fully saturated rings. The monoisotopic (exact) mass is 545 g/mol. The SMILES string of the molecule is CN=C(NCc1ccc(OCC(F)(F)F)c(OC)c1)N1CC(C)C(C(=O)OC)C1.I. The quantitative estimate of drug-likeness (QED) is 0.257. The average Bonchev–Trinajstić information content (AvgIpc) is 3.07. The first-order valence-electron chi connectivity index (χ1n) is 9.08.